The van der Waals surface area contributed by atoms with Gasteiger partial charge in [0.15, 0.2) is 0 Å². The molecule has 2 rings (SSSR count). The number of allylic oxidation sites excluding steroid dienone is 2. The predicted molar refractivity (Wildman–Crippen MR) is 71.8 cm³/mol. The maximum Gasteiger partial charge on any atom is 0.122 e. The van der Waals surface area contributed by atoms with Gasteiger partial charge in [-0.1, -0.05) is 18.0 Å². The predicted octanol–water partition coefficient (Wildman–Crippen LogP) is 1.54. The van der Waals surface area contributed by atoms with Crippen LogP contribution in [0, 0.1) is 0 Å². The van der Waals surface area contributed by atoms with E-state index in [4.69, 9.17) is 9.88 Å². The second-order valence-electron chi connectivity index (χ2n) is 4.35. The molecule has 0 saturated carbocycles. The Morgan fingerprint density at radius 3 is 3.00 bits per heavy atom. The second-order valence-corrected chi connectivity index (χ2v) is 5.02. The third-order valence-electron chi connectivity index (χ3n) is 2.62. The molecule has 0 fully saturated rings. The fraction of sp³-hybridized carbons (Fsp3) is 0.500. The highest BCUT2D eigenvalue weighted by atomic mass is 32.2. The number of hydrogen-bond donors (Lipinski definition) is 2. The Bertz CT molecular complexity index is 352. The Labute approximate surface area is 107 Å². The van der Waals surface area contributed by atoms with Gasteiger partial charge in [-0.25, -0.2) is 0 Å². The molecule has 2 aliphatic rings. The topological polar surface area (TPSA) is 50.5 Å². The molecule has 2 atom stereocenters. The van der Waals surface area contributed by atoms with Crippen LogP contribution in [0.25, 0.3) is 0 Å². The summed E-state index contributed by atoms with van der Waals surface area (Å²) in [5.74, 6) is 0.755. The van der Waals surface area contributed by atoms with Gasteiger partial charge in [0.1, 0.15) is 12.3 Å². The van der Waals surface area contributed by atoms with E-state index in [0.29, 0.717) is 0 Å². The van der Waals surface area contributed by atoms with Crippen LogP contribution in [0.5, 0.6) is 0 Å². The van der Waals surface area contributed by atoms with Crippen LogP contribution in [-0.2, 0) is 4.74 Å². The lowest BCUT2D eigenvalue weighted by Crippen LogP contribution is -2.36. The molecule has 5 heteroatoms. The lowest BCUT2D eigenvalue weighted by molar-refractivity contribution is 0.0391. The molecule has 2 aliphatic heterocycles. The minimum absolute atomic E-state index is 0.0254. The van der Waals surface area contributed by atoms with Crippen molar-refractivity contribution in [2.75, 3.05) is 5.75 Å². The molecule has 2 heterocycles. The van der Waals surface area contributed by atoms with Crippen molar-refractivity contribution in [3.8, 4) is 0 Å². The summed E-state index contributed by atoms with van der Waals surface area (Å²) in [6.45, 7) is 4.08. The molecule has 0 aliphatic carbocycles. The zero-order valence-electron chi connectivity index (χ0n) is 10.2. The van der Waals surface area contributed by atoms with Gasteiger partial charge in [0.25, 0.3) is 0 Å². The van der Waals surface area contributed by atoms with Gasteiger partial charge in [-0.05, 0) is 26.0 Å². The SMILES string of the molecule is CC(C)OC(CSN)C1=CN2C=CC=CC2N1. The molecule has 0 aromatic rings. The van der Waals surface area contributed by atoms with Gasteiger partial charge in [-0.2, -0.15) is 0 Å². The summed E-state index contributed by atoms with van der Waals surface area (Å²) in [5, 5.41) is 9.00. The highest BCUT2D eigenvalue weighted by Crippen LogP contribution is 2.21. The van der Waals surface area contributed by atoms with Crippen LogP contribution in [0.4, 0.5) is 0 Å². The summed E-state index contributed by atoms with van der Waals surface area (Å²) < 4.78 is 5.87. The fourth-order valence-corrected chi connectivity index (χ4v) is 2.35. The average Bonchev–Trinajstić information content (AvgIpc) is 2.71. The van der Waals surface area contributed by atoms with E-state index in [9.17, 15) is 0 Å². The standard InChI is InChI=1S/C12H19N3OS/c1-9(2)16-11(8-17-13)10-7-15-6-4-3-5-12(15)14-10/h3-7,9,11-12,14H,8,13H2,1-2H3. The molecule has 94 valence electrons. The Balaban J connectivity index is 2.04. The van der Waals surface area contributed by atoms with E-state index < -0.39 is 0 Å². The number of nitrogens with zero attached hydrogens (tertiary/aromatic N) is 1. The van der Waals surface area contributed by atoms with Crippen molar-refractivity contribution in [1.29, 1.82) is 0 Å². The normalized spacial score (nSPS) is 23.6. The molecule has 0 aromatic heterocycles. The van der Waals surface area contributed by atoms with Gasteiger partial charge >= 0.3 is 0 Å². The van der Waals surface area contributed by atoms with Crippen LogP contribution < -0.4 is 10.5 Å². The highest BCUT2D eigenvalue weighted by Gasteiger charge is 2.27. The zero-order valence-corrected chi connectivity index (χ0v) is 11.0. The van der Waals surface area contributed by atoms with Gasteiger partial charge in [0.05, 0.1) is 11.8 Å². The van der Waals surface area contributed by atoms with Gasteiger partial charge in [-0.3, -0.25) is 5.14 Å². The van der Waals surface area contributed by atoms with Crippen molar-refractivity contribution in [3.05, 3.63) is 36.3 Å². The molecule has 0 radical (unpaired) electrons. The molecule has 0 saturated heterocycles. The largest absolute Gasteiger partial charge is 0.368 e. The zero-order chi connectivity index (χ0) is 12.3. The molecule has 3 N–H and O–H groups in total. The third kappa shape index (κ3) is 3.06. The summed E-state index contributed by atoms with van der Waals surface area (Å²) in [5.41, 5.74) is 1.10. The number of fused-ring (bicyclic) bond motifs is 1. The summed E-state index contributed by atoms with van der Waals surface area (Å²) >= 11 is 1.31. The third-order valence-corrected chi connectivity index (χ3v) is 3.11. The van der Waals surface area contributed by atoms with Crippen molar-refractivity contribution >= 4 is 11.9 Å². The van der Waals surface area contributed by atoms with Crippen LogP contribution >= 0.6 is 11.9 Å². The Hall–Kier alpha value is -0.910. The Morgan fingerprint density at radius 2 is 2.35 bits per heavy atom. The van der Waals surface area contributed by atoms with Crippen molar-refractivity contribution < 1.29 is 4.74 Å². The van der Waals surface area contributed by atoms with Crippen LogP contribution in [0.15, 0.2) is 36.3 Å². The highest BCUT2D eigenvalue weighted by molar-refractivity contribution is 7.97. The monoisotopic (exact) mass is 253 g/mol. The van der Waals surface area contributed by atoms with Gasteiger partial charge in [0, 0.05) is 18.2 Å². The van der Waals surface area contributed by atoms with Gasteiger partial charge in [0.2, 0.25) is 0 Å². The van der Waals surface area contributed by atoms with Crippen molar-refractivity contribution in [2.45, 2.75) is 32.2 Å². The average molecular weight is 253 g/mol. The Morgan fingerprint density at radius 1 is 1.53 bits per heavy atom. The molecule has 2 unspecified atom stereocenters. The fourth-order valence-electron chi connectivity index (χ4n) is 1.92. The first-order valence-corrected chi connectivity index (χ1v) is 6.83. The number of nitrogens with one attached hydrogen (secondary N) is 1. The summed E-state index contributed by atoms with van der Waals surface area (Å²) in [6.07, 6.45) is 10.8. The summed E-state index contributed by atoms with van der Waals surface area (Å²) in [4.78, 5) is 2.13. The molecule has 4 nitrogen and oxygen atoms in total. The maximum atomic E-state index is 5.87. The van der Waals surface area contributed by atoms with E-state index in [1.807, 2.05) is 32.2 Å². The Kier molecular flexibility index (Phi) is 4.15. The van der Waals surface area contributed by atoms with Crippen LogP contribution in [-0.4, -0.2) is 29.0 Å². The van der Waals surface area contributed by atoms with E-state index in [0.717, 1.165) is 11.4 Å². The first kappa shape index (κ1) is 12.5. The molecular weight excluding hydrogens is 234 g/mol. The summed E-state index contributed by atoms with van der Waals surface area (Å²) in [6, 6.07) is 0. The van der Waals surface area contributed by atoms with Gasteiger partial charge in [-0.15, -0.1) is 0 Å². The molecule has 0 amide bonds. The van der Waals surface area contributed by atoms with Crippen molar-refractivity contribution in [1.82, 2.24) is 10.2 Å². The van der Waals surface area contributed by atoms with Crippen LogP contribution in [0.1, 0.15) is 13.8 Å². The van der Waals surface area contributed by atoms with Crippen LogP contribution in [0.2, 0.25) is 0 Å². The van der Waals surface area contributed by atoms with E-state index in [-0.39, 0.29) is 18.4 Å². The minimum atomic E-state index is 0.0254. The molecular formula is C12H19N3OS. The molecule has 0 aromatic carbocycles. The van der Waals surface area contributed by atoms with Crippen LogP contribution in [0.3, 0.4) is 0 Å². The first-order chi connectivity index (χ1) is 8.20. The minimum Gasteiger partial charge on any atom is -0.368 e. The van der Waals surface area contributed by atoms with E-state index in [2.05, 4.69) is 22.5 Å². The van der Waals surface area contributed by atoms with Gasteiger partial charge < -0.3 is 15.0 Å². The molecule has 17 heavy (non-hydrogen) atoms. The van der Waals surface area contributed by atoms with E-state index >= 15 is 0 Å². The number of ether oxygens (including phenoxy) is 1. The lowest BCUT2D eigenvalue weighted by Gasteiger charge is -2.23. The molecule has 0 spiro atoms. The number of nitrogens with two attached hydrogens (primary N) is 1. The van der Waals surface area contributed by atoms with E-state index in [1.165, 1.54) is 11.9 Å². The van der Waals surface area contributed by atoms with Crippen molar-refractivity contribution in [3.63, 3.8) is 0 Å². The first-order valence-electron chi connectivity index (χ1n) is 5.78. The summed E-state index contributed by atoms with van der Waals surface area (Å²) in [7, 11) is 0. The quantitative estimate of drug-likeness (QED) is 0.728. The smallest absolute Gasteiger partial charge is 0.122 e. The second kappa shape index (κ2) is 5.62. The number of rotatable bonds is 5. The number of hydrogen-bond acceptors (Lipinski definition) is 5. The maximum absolute atomic E-state index is 5.87. The van der Waals surface area contributed by atoms with Crippen molar-refractivity contribution in [2.24, 2.45) is 5.14 Å². The molecule has 0 bridgehead atoms. The lowest BCUT2D eigenvalue weighted by atomic mass is 10.3. The van der Waals surface area contributed by atoms with E-state index in [1.54, 1.807) is 0 Å².